The molecule has 0 aromatic rings. The number of alkyl carbamates (subject to hydrolysis) is 1. The molecule has 1 amide bonds. The van der Waals surface area contributed by atoms with E-state index in [0.717, 1.165) is 37.4 Å². The number of hydrogen-bond acceptors (Lipinski definition) is 4. The minimum Gasteiger partial charge on any atom is -0.444 e. The molecule has 1 fully saturated rings. The standard InChI is InChI=1S/C16H32N4O2S.HI/c1-6-16(7-2,19-14(21)22-15(3,4)5)12-18-13(17)20-8-10-23-11-9-20;/h6-12H2,1-5H3,(H2,17,18)(H,19,21);1H. The van der Waals surface area contributed by atoms with E-state index in [0.29, 0.717) is 12.5 Å². The van der Waals surface area contributed by atoms with E-state index in [1.165, 1.54) is 0 Å². The number of amides is 1. The molecule has 3 N–H and O–H groups in total. The first-order valence-electron chi connectivity index (χ1n) is 8.35. The van der Waals surface area contributed by atoms with Crippen LogP contribution in [0, 0.1) is 0 Å². The minimum atomic E-state index is -0.509. The molecule has 1 rings (SSSR count). The third-order valence-electron chi connectivity index (χ3n) is 4.00. The van der Waals surface area contributed by atoms with Gasteiger partial charge in [-0.05, 0) is 33.6 Å². The van der Waals surface area contributed by atoms with Crippen LogP contribution in [0.4, 0.5) is 4.79 Å². The van der Waals surface area contributed by atoms with Crippen LogP contribution in [0.15, 0.2) is 4.99 Å². The van der Waals surface area contributed by atoms with Gasteiger partial charge in [-0.2, -0.15) is 11.8 Å². The molecular weight excluding hydrogens is 439 g/mol. The highest BCUT2D eigenvalue weighted by molar-refractivity contribution is 14.0. The number of aliphatic imine (C=N–C) groups is 1. The highest BCUT2D eigenvalue weighted by atomic mass is 127. The molecule has 0 unspecified atom stereocenters. The fraction of sp³-hybridized carbons (Fsp3) is 0.875. The quantitative estimate of drug-likeness (QED) is 0.365. The second-order valence-corrected chi connectivity index (χ2v) is 8.11. The second-order valence-electron chi connectivity index (χ2n) is 6.89. The van der Waals surface area contributed by atoms with Crippen LogP contribution in [0.2, 0.25) is 0 Å². The smallest absolute Gasteiger partial charge is 0.408 e. The van der Waals surface area contributed by atoms with E-state index >= 15 is 0 Å². The third kappa shape index (κ3) is 8.13. The van der Waals surface area contributed by atoms with Crippen molar-refractivity contribution in [3.8, 4) is 0 Å². The van der Waals surface area contributed by atoms with Gasteiger partial charge in [-0.25, -0.2) is 4.79 Å². The Balaban J connectivity index is 0.00000529. The number of halogens is 1. The predicted octanol–water partition coefficient (Wildman–Crippen LogP) is 3.05. The van der Waals surface area contributed by atoms with Crippen molar-refractivity contribution in [3.63, 3.8) is 0 Å². The molecule has 0 spiro atoms. The molecule has 0 aromatic carbocycles. The van der Waals surface area contributed by atoms with Crippen LogP contribution < -0.4 is 11.1 Å². The van der Waals surface area contributed by atoms with E-state index in [9.17, 15) is 4.79 Å². The molecular formula is C16H33IN4O2S. The summed E-state index contributed by atoms with van der Waals surface area (Å²) in [4.78, 5) is 18.8. The molecule has 1 aliphatic heterocycles. The van der Waals surface area contributed by atoms with Crippen molar-refractivity contribution in [2.75, 3.05) is 31.1 Å². The lowest BCUT2D eigenvalue weighted by Crippen LogP contribution is -2.52. The van der Waals surface area contributed by atoms with Gasteiger partial charge in [-0.15, -0.1) is 24.0 Å². The number of ether oxygens (including phenoxy) is 1. The van der Waals surface area contributed by atoms with E-state index in [1.807, 2.05) is 46.4 Å². The van der Waals surface area contributed by atoms with Crippen LogP contribution >= 0.6 is 35.7 Å². The van der Waals surface area contributed by atoms with Crippen molar-refractivity contribution in [2.45, 2.75) is 58.6 Å². The lowest BCUT2D eigenvalue weighted by atomic mass is 9.93. The van der Waals surface area contributed by atoms with Crippen LogP contribution in [0.3, 0.4) is 0 Å². The summed E-state index contributed by atoms with van der Waals surface area (Å²) < 4.78 is 5.38. The second kappa shape index (κ2) is 10.6. The fourth-order valence-corrected chi connectivity index (χ4v) is 3.24. The Labute approximate surface area is 167 Å². The first-order valence-corrected chi connectivity index (χ1v) is 9.50. The highest BCUT2D eigenvalue weighted by Crippen LogP contribution is 2.18. The Kier molecular flexibility index (Phi) is 10.4. The first-order chi connectivity index (χ1) is 10.7. The zero-order valence-corrected chi connectivity index (χ0v) is 18.7. The van der Waals surface area contributed by atoms with E-state index in [4.69, 9.17) is 10.5 Å². The molecule has 0 saturated carbocycles. The van der Waals surface area contributed by atoms with Crippen molar-refractivity contribution in [3.05, 3.63) is 0 Å². The Bertz CT molecular complexity index is 417. The summed E-state index contributed by atoms with van der Waals surface area (Å²) in [6, 6.07) is 0. The lowest BCUT2D eigenvalue weighted by Gasteiger charge is -2.33. The van der Waals surface area contributed by atoms with Crippen molar-refractivity contribution in [2.24, 2.45) is 10.7 Å². The Morgan fingerprint density at radius 3 is 2.25 bits per heavy atom. The number of nitrogens with one attached hydrogen (secondary N) is 1. The zero-order valence-electron chi connectivity index (χ0n) is 15.6. The topological polar surface area (TPSA) is 80.0 Å². The van der Waals surface area contributed by atoms with E-state index in [-0.39, 0.29) is 24.0 Å². The summed E-state index contributed by atoms with van der Waals surface area (Å²) in [5.41, 5.74) is 5.19. The first kappa shape index (κ1) is 23.6. The van der Waals surface area contributed by atoms with Gasteiger partial charge in [0.15, 0.2) is 5.96 Å². The van der Waals surface area contributed by atoms with Crippen molar-refractivity contribution >= 4 is 47.8 Å². The van der Waals surface area contributed by atoms with Gasteiger partial charge in [-0.1, -0.05) is 13.8 Å². The summed E-state index contributed by atoms with van der Waals surface area (Å²) in [5.74, 6) is 2.74. The molecule has 142 valence electrons. The van der Waals surface area contributed by atoms with Crippen LogP contribution in [0.1, 0.15) is 47.5 Å². The molecule has 0 aliphatic carbocycles. The molecule has 8 heteroatoms. The number of rotatable bonds is 5. The number of carbonyl (C=O) groups is 1. The number of nitrogens with two attached hydrogens (primary N) is 1. The van der Waals surface area contributed by atoms with E-state index in [1.54, 1.807) is 0 Å². The maximum Gasteiger partial charge on any atom is 0.408 e. The fourth-order valence-electron chi connectivity index (χ4n) is 2.33. The monoisotopic (exact) mass is 472 g/mol. The van der Waals surface area contributed by atoms with Gasteiger partial charge in [-0.3, -0.25) is 4.99 Å². The zero-order chi connectivity index (χ0) is 17.5. The van der Waals surface area contributed by atoms with Gasteiger partial charge in [0.1, 0.15) is 5.60 Å². The SMILES string of the molecule is CCC(CC)(CN=C(N)N1CCSCC1)NC(=O)OC(C)(C)C.I. The normalized spacial score (nSPS) is 16.4. The number of thioether (sulfide) groups is 1. The summed E-state index contributed by atoms with van der Waals surface area (Å²) in [6.45, 7) is 12.0. The predicted molar refractivity (Wildman–Crippen MR) is 113 cm³/mol. The molecule has 1 aliphatic rings. The van der Waals surface area contributed by atoms with Gasteiger partial charge in [0.2, 0.25) is 0 Å². The van der Waals surface area contributed by atoms with Gasteiger partial charge in [0, 0.05) is 24.6 Å². The van der Waals surface area contributed by atoms with Crippen LogP contribution in [0.25, 0.3) is 0 Å². The Morgan fingerprint density at radius 2 is 1.79 bits per heavy atom. The van der Waals surface area contributed by atoms with Crippen molar-refractivity contribution in [1.29, 1.82) is 0 Å². The molecule has 0 atom stereocenters. The number of nitrogens with zero attached hydrogens (tertiary/aromatic N) is 2. The Morgan fingerprint density at radius 1 is 1.25 bits per heavy atom. The minimum absolute atomic E-state index is 0. The van der Waals surface area contributed by atoms with E-state index in [2.05, 4.69) is 15.2 Å². The summed E-state index contributed by atoms with van der Waals surface area (Å²) in [7, 11) is 0. The molecule has 0 bridgehead atoms. The average Bonchev–Trinajstić information content (AvgIpc) is 2.50. The number of hydrogen-bond donors (Lipinski definition) is 2. The maximum absolute atomic E-state index is 12.1. The third-order valence-corrected chi connectivity index (χ3v) is 4.94. The molecule has 6 nitrogen and oxygen atoms in total. The molecule has 1 heterocycles. The summed E-state index contributed by atoms with van der Waals surface area (Å²) in [5, 5.41) is 3.00. The lowest BCUT2D eigenvalue weighted by molar-refractivity contribution is 0.0451. The van der Waals surface area contributed by atoms with Crippen LogP contribution in [0.5, 0.6) is 0 Å². The molecule has 0 aromatic heterocycles. The maximum atomic E-state index is 12.1. The van der Waals surface area contributed by atoms with Gasteiger partial charge < -0.3 is 20.7 Å². The van der Waals surface area contributed by atoms with E-state index < -0.39 is 17.2 Å². The summed E-state index contributed by atoms with van der Waals surface area (Å²) >= 11 is 1.94. The van der Waals surface area contributed by atoms with Crippen LogP contribution in [-0.4, -0.2) is 59.2 Å². The van der Waals surface area contributed by atoms with Gasteiger partial charge in [0.05, 0.1) is 12.1 Å². The molecule has 24 heavy (non-hydrogen) atoms. The number of guanidine groups is 1. The molecule has 0 radical (unpaired) electrons. The highest BCUT2D eigenvalue weighted by Gasteiger charge is 2.30. The average molecular weight is 472 g/mol. The van der Waals surface area contributed by atoms with Gasteiger partial charge >= 0.3 is 6.09 Å². The largest absolute Gasteiger partial charge is 0.444 e. The van der Waals surface area contributed by atoms with Gasteiger partial charge in [0.25, 0.3) is 0 Å². The Hall–Kier alpha value is -0.380. The van der Waals surface area contributed by atoms with Crippen LogP contribution in [-0.2, 0) is 4.74 Å². The summed E-state index contributed by atoms with van der Waals surface area (Å²) in [6.07, 6.45) is 1.15. The number of carbonyl (C=O) groups excluding carboxylic acids is 1. The molecule has 1 saturated heterocycles. The van der Waals surface area contributed by atoms with Crippen molar-refractivity contribution < 1.29 is 9.53 Å². The van der Waals surface area contributed by atoms with Crippen molar-refractivity contribution in [1.82, 2.24) is 10.2 Å².